The zero-order valence-electron chi connectivity index (χ0n) is 21.8. The number of β-lactam (4-membered cyclic amide) rings is 1. The predicted molar refractivity (Wildman–Crippen MR) is 150 cm³/mol. The Labute approximate surface area is 235 Å². The number of aliphatic hydroxyl groups excluding tert-OH is 1. The van der Waals surface area contributed by atoms with Gasteiger partial charge >= 0.3 is 5.97 Å². The molecule has 39 heavy (non-hydrogen) atoms. The number of carbonyl (C=O) groups excluding carboxylic acids is 2. The van der Waals surface area contributed by atoms with Gasteiger partial charge in [0.25, 0.3) is 5.69 Å². The lowest BCUT2D eigenvalue weighted by Crippen LogP contribution is -2.61. The molecule has 1 unspecified atom stereocenters. The predicted octanol–water partition coefficient (Wildman–Crippen LogP) is 4.68. The van der Waals surface area contributed by atoms with E-state index < -0.39 is 22.9 Å². The van der Waals surface area contributed by atoms with Gasteiger partial charge in [0.15, 0.2) is 5.70 Å². The van der Waals surface area contributed by atoms with Crippen molar-refractivity contribution in [3.8, 4) is 0 Å². The fraction of sp³-hybridized carbons (Fsp3) is 0.429. The van der Waals surface area contributed by atoms with Gasteiger partial charge in [0.2, 0.25) is 5.91 Å². The van der Waals surface area contributed by atoms with Gasteiger partial charge in [-0.15, -0.1) is 11.8 Å². The molecule has 0 bridgehead atoms. The molecule has 3 heterocycles. The summed E-state index contributed by atoms with van der Waals surface area (Å²) in [5.74, 6) is -1.41. The average Bonchev–Trinajstić information content (AvgIpc) is 3.55. The molecule has 1 N–H and O–H groups in total. The Morgan fingerprint density at radius 1 is 1.23 bits per heavy atom. The van der Waals surface area contributed by atoms with Crippen molar-refractivity contribution in [1.82, 2.24) is 9.80 Å². The van der Waals surface area contributed by atoms with Crippen LogP contribution in [0.1, 0.15) is 43.9 Å². The van der Waals surface area contributed by atoms with Crippen LogP contribution in [0.2, 0.25) is 0 Å². The molecule has 2 saturated heterocycles. The van der Waals surface area contributed by atoms with E-state index >= 15 is 0 Å². The molecule has 206 valence electrons. The third-order valence-electron chi connectivity index (χ3n) is 7.57. The van der Waals surface area contributed by atoms with E-state index in [4.69, 9.17) is 4.74 Å². The van der Waals surface area contributed by atoms with Gasteiger partial charge in [-0.2, -0.15) is 0 Å². The highest BCUT2D eigenvalue weighted by molar-refractivity contribution is 8.23. The maximum absolute atomic E-state index is 13.3. The van der Waals surface area contributed by atoms with Crippen LogP contribution in [0.5, 0.6) is 0 Å². The molecule has 0 radical (unpaired) electrons. The number of carbonyl (C=O) groups is 2. The van der Waals surface area contributed by atoms with Crippen molar-refractivity contribution in [2.75, 3.05) is 13.1 Å². The van der Waals surface area contributed by atoms with Crippen LogP contribution in [0.25, 0.3) is 0 Å². The molecule has 5 atom stereocenters. The Kier molecular flexibility index (Phi) is 8.32. The molecule has 0 aromatic heterocycles. The lowest BCUT2D eigenvalue weighted by atomic mass is 9.90. The van der Waals surface area contributed by atoms with Crippen LogP contribution in [0.3, 0.4) is 0 Å². The topological polar surface area (TPSA) is 113 Å². The summed E-state index contributed by atoms with van der Waals surface area (Å²) in [6.45, 7) is 5.77. The number of hydrogen-bond acceptors (Lipinski definition) is 9. The summed E-state index contributed by atoms with van der Waals surface area (Å²) in [4.78, 5) is 40.7. The second-order valence-electron chi connectivity index (χ2n) is 9.96. The van der Waals surface area contributed by atoms with E-state index in [1.807, 2.05) is 25.1 Å². The van der Waals surface area contributed by atoms with Crippen molar-refractivity contribution < 1.29 is 24.4 Å². The van der Waals surface area contributed by atoms with Crippen molar-refractivity contribution in [2.45, 2.75) is 56.1 Å². The van der Waals surface area contributed by atoms with E-state index in [-0.39, 0.29) is 40.6 Å². The molecule has 1 amide bonds. The number of fused-ring (bicyclic) bond motifs is 1. The lowest BCUT2D eigenvalue weighted by molar-refractivity contribution is -0.384. The number of nitrogens with zero attached hydrogens (tertiary/aromatic N) is 3. The van der Waals surface area contributed by atoms with Gasteiger partial charge in [0.1, 0.15) is 12.0 Å². The summed E-state index contributed by atoms with van der Waals surface area (Å²) < 4.78 is 6.34. The van der Waals surface area contributed by atoms with Crippen molar-refractivity contribution in [2.24, 2.45) is 5.92 Å². The second kappa shape index (κ2) is 11.7. The fourth-order valence-electron chi connectivity index (χ4n) is 5.21. The van der Waals surface area contributed by atoms with Crippen LogP contribution in [-0.4, -0.2) is 61.5 Å². The quantitative estimate of drug-likeness (QED) is 0.189. The highest BCUT2D eigenvalue weighted by Gasteiger charge is 2.58. The fourth-order valence-corrected chi connectivity index (χ4v) is 8.50. The molecule has 3 aliphatic heterocycles. The zero-order valence-corrected chi connectivity index (χ0v) is 23.4. The number of esters is 1. The van der Waals surface area contributed by atoms with Crippen molar-refractivity contribution in [1.29, 1.82) is 0 Å². The molecule has 3 aliphatic rings. The van der Waals surface area contributed by atoms with Crippen molar-refractivity contribution in [3.63, 3.8) is 0 Å². The van der Waals surface area contributed by atoms with E-state index in [0.29, 0.717) is 12.0 Å². The van der Waals surface area contributed by atoms with E-state index in [0.717, 1.165) is 23.7 Å². The normalized spacial score (nSPS) is 24.3. The first-order chi connectivity index (χ1) is 18.8. The minimum absolute atomic E-state index is 0.0413. The molecule has 5 rings (SSSR count). The van der Waals surface area contributed by atoms with Crippen LogP contribution in [0.15, 0.2) is 64.5 Å². The summed E-state index contributed by atoms with van der Waals surface area (Å²) in [6, 6.07) is 16.5. The number of amides is 1. The minimum Gasteiger partial charge on any atom is -0.456 e. The molecule has 2 aromatic carbocycles. The monoisotopic (exact) mass is 569 g/mol. The van der Waals surface area contributed by atoms with E-state index in [1.165, 1.54) is 34.4 Å². The number of likely N-dealkylation sites (tertiary alicyclic amines) is 1. The van der Waals surface area contributed by atoms with E-state index in [2.05, 4.69) is 24.0 Å². The minimum atomic E-state index is -0.762. The summed E-state index contributed by atoms with van der Waals surface area (Å²) in [7, 11) is 0. The molecule has 11 heteroatoms. The molecule has 2 fully saturated rings. The Morgan fingerprint density at radius 2 is 1.95 bits per heavy atom. The molecular formula is C28H31N3O6S2. The number of hydrogen-bond donors (Lipinski definition) is 1. The first-order valence-corrected chi connectivity index (χ1v) is 14.8. The van der Waals surface area contributed by atoms with Gasteiger partial charge in [-0.3, -0.25) is 24.7 Å². The third kappa shape index (κ3) is 5.58. The highest BCUT2D eigenvalue weighted by Crippen LogP contribution is 2.55. The number of ether oxygens (including phenoxy) is 1. The van der Waals surface area contributed by atoms with Crippen LogP contribution in [-0.2, 0) is 20.9 Å². The van der Waals surface area contributed by atoms with Crippen molar-refractivity contribution >= 4 is 41.1 Å². The first-order valence-electron chi connectivity index (χ1n) is 13.1. The van der Waals surface area contributed by atoms with Crippen LogP contribution in [0.4, 0.5) is 5.69 Å². The number of nitro groups is 1. The third-order valence-corrected chi connectivity index (χ3v) is 10.4. The molecule has 0 spiro atoms. The summed E-state index contributed by atoms with van der Waals surface area (Å²) >= 11 is 3.08. The van der Waals surface area contributed by atoms with Gasteiger partial charge < -0.3 is 9.84 Å². The van der Waals surface area contributed by atoms with Crippen LogP contribution >= 0.6 is 23.5 Å². The largest absolute Gasteiger partial charge is 0.456 e. The van der Waals surface area contributed by atoms with Gasteiger partial charge in [0.05, 0.1) is 21.2 Å². The maximum atomic E-state index is 13.3. The smallest absolute Gasteiger partial charge is 0.357 e. The number of nitro benzene ring substituents is 1. The number of non-ortho nitro benzene ring substituents is 1. The summed E-state index contributed by atoms with van der Waals surface area (Å²) in [5.41, 5.74) is 2.08. The lowest BCUT2D eigenvalue weighted by Gasteiger charge is -2.44. The van der Waals surface area contributed by atoms with Crippen molar-refractivity contribution in [3.05, 3.63) is 85.8 Å². The molecule has 0 aliphatic carbocycles. The Balaban J connectivity index is 1.30. The zero-order chi connectivity index (χ0) is 27.7. The molecule has 0 saturated carbocycles. The standard InChI is InChI=1S/C28H31N3O6S2/c1-3-22(32)23-25(33)30-24(27(34)37-16-18-9-11-20(12-10-18)31(35)36)28(39-26(23)30)38-21-13-14-29(15-21)17(2)19-7-5-4-6-8-19/h4-12,17,21-23,26,32H,3,13-16H2,1-2H3/t17?,21-,22-,23+,26+/m0/s1. The summed E-state index contributed by atoms with van der Waals surface area (Å²) in [6.07, 6.45) is 0.650. The Bertz CT molecular complexity index is 1270. The van der Waals surface area contributed by atoms with E-state index in [9.17, 15) is 24.8 Å². The SMILES string of the molecule is CC[C@H](O)[C@@H]1C(=O)N2C(C(=O)OCc3ccc([N+](=O)[O-])cc3)=C(S[C@H]3CCN(C(C)c4ccccc4)C3)S[C@H]12. The maximum Gasteiger partial charge on any atom is 0.357 e. The Hall–Kier alpha value is -2.86. The average molecular weight is 570 g/mol. The molecule has 9 nitrogen and oxygen atoms in total. The van der Waals surface area contributed by atoms with Gasteiger partial charge in [0, 0.05) is 30.0 Å². The number of benzene rings is 2. The number of aliphatic hydroxyl groups is 1. The highest BCUT2D eigenvalue weighted by atomic mass is 32.2. The van der Waals surface area contributed by atoms with Gasteiger partial charge in [-0.1, -0.05) is 49.0 Å². The Morgan fingerprint density at radius 3 is 2.62 bits per heavy atom. The molecular weight excluding hydrogens is 538 g/mol. The number of rotatable bonds is 10. The first kappa shape index (κ1) is 27.7. The van der Waals surface area contributed by atoms with Crippen LogP contribution < -0.4 is 0 Å². The second-order valence-corrected chi connectivity index (χ2v) is 12.7. The molecule has 2 aromatic rings. The van der Waals surface area contributed by atoms with Gasteiger partial charge in [-0.05, 0) is 49.6 Å². The van der Waals surface area contributed by atoms with Crippen LogP contribution in [0, 0.1) is 16.0 Å². The summed E-state index contributed by atoms with van der Waals surface area (Å²) in [5, 5.41) is 21.3. The van der Waals surface area contributed by atoms with Gasteiger partial charge in [-0.25, -0.2) is 4.79 Å². The van der Waals surface area contributed by atoms with E-state index in [1.54, 1.807) is 23.9 Å². The number of thioether (sulfide) groups is 2.